The van der Waals surface area contributed by atoms with Crippen molar-refractivity contribution in [1.82, 2.24) is 0 Å². The molecule has 0 fully saturated rings. The largest absolute Gasteiger partial charge is 0.450 e. The Bertz CT molecular complexity index is 369. The van der Waals surface area contributed by atoms with Gasteiger partial charge in [-0.2, -0.15) is 5.26 Å². The Morgan fingerprint density at radius 2 is 2.43 bits per heavy atom. The second-order valence-corrected chi connectivity index (χ2v) is 2.54. The van der Waals surface area contributed by atoms with Crippen molar-refractivity contribution in [1.29, 1.82) is 5.26 Å². The Labute approximate surface area is 82.1 Å². The van der Waals surface area contributed by atoms with E-state index in [2.05, 4.69) is 10.1 Å². The second kappa shape index (κ2) is 4.87. The van der Waals surface area contributed by atoms with Gasteiger partial charge in [0.1, 0.15) is 0 Å². The zero-order valence-corrected chi connectivity index (χ0v) is 7.78. The fourth-order valence-corrected chi connectivity index (χ4v) is 0.952. The molecule has 0 radical (unpaired) electrons. The van der Waals surface area contributed by atoms with Crippen LogP contribution in [0.5, 0.6) is 0 Å². The van der Waals surface area contributed by atoms with Gasteiger partial charge >= 0.3 is 6.09 Å². The van der Waals surface area contributed by atoms with Crippen molar-refractivity contribution in [3.8, 4) is 6.07 Å². The fraction of sp³-hybridized carbons (Fsp3) is 0.200. The van der Waals surface area contributed by atoms with Gasteiger partial charge in [0.05, 0.1) is 18.2 Å². The summed E-state index contributed by atoms with van der Waals surface area (Å²) < 4.78 is 4.69. The first-order valence-electron chi connectivity index (χ1n) is 4.20. The molecule has 0 saturated carbocycles. The van der Waals surface area contributed by atoms with E-state index in [1.54, 1.807) is 31.2 Å². The quantitative estimate of drug-likeness (QED) is 0.776. The number of ether oxygens (including phenoxy) is 1. The number of anilines is 1. The molecule has 1 amide bonds. The lowest BCUT2D eigenvalue weighted by molar-refractivity contribution is 0.168. The first-order chi connectivity index (χ1) is 6.76. The zero-order valence-electron chi connectivity index (χ0n) is 7.78. The fourth-order valence-electron chi connectivity index (χ4n) is 0.952. The number of nitrogens with one attached hydrogen (secondary N) is 1. The van der Waals surface area contributed by atoms with Crippen molar-refractivity contribution in [2.45, 2.75) is 6.92 Å². The molecular weight excluding hydrogens is 180 g/mol. The van der Waals surface area contributed by atoms with E-state index in [-0.39, 0.29) is 0 Å². The highest BCUT2D eigenvalue weighted by atomic mass is 16.5. The summed E-state index contributed by atoms with van der Waals surface area (Å²) in [4.78, 5) is 11.0. The minimum Gasteiger partial charge on any atom is -0.450 e. The van der Waals surface area contributed by atoms with E-state index in [0.29, 0.717) is 17.9 Å². The van der Waals surface area contributed by atoms with Crippen LogP contribution in [0, 0.1) is 11.3 Å². The Morgan fingerprint density at radius 3 is 3.07 bits per heavy atom. The van der Waals surface area contributed by atoms with Gasteiger partial charge in [0.25, 0.3) is 0 Å². The highest BCUT2D eigenvalue weighted by Crippen LogP contribution is 2.09. The van der Waals surface area contributed by atoms with Crippen LogP contribution in [0.25, 0.3) is 0 Å². The number of hydrogen-bond acceptors (Lipinski definition) is 3. The summed E-state index contributed by atoms with van der Waals surface area (Å²) in [5.41, 5.74) is 1.06. The van der Waals surface area contributed by atoms with Gasteiger partial charge in [-0.3, -0.25) is 5.32 Å². The van der Waals surface area contributed by atoms with Gasteiger partial charge < -0.3 is 4.74 Å². The van der Waals surface area contributed by atoms with Crippen LogP contribution in [0.15, 0.2) is 24.3 Å². The minimum absolute atomic E-state index is 0.323. The van der Waals surface area contributed by atoms with Crippen molar-refractivity contribution >= 4 is 11.8 Å². The minimum atomic E-state index is -0.511. The van der Waals surface area contributed by atoms with Gasteiger partial charge in [0.2, 0.25) is 0 Å². The number of carbonyl (C=O) groups is 1. The number of carbonyl (C=O) groups excluding carboxylic acids is 1. The normalized spacial score (nSPS) is 8.86. The van der Waals surface area contributed by atoms with Crippen molar-refractivity contribution in [3.05, 3.63) is 29.8 Å². The van der Waals surface area contributed by atoms with E-state index in [4.69, 9.17) is 5.26 Å². The average Bonchev–Trinajstić information content (AvgIpc) is 2.18. The molecule has 0 aliphatic carbocycles. The van der Waals surface area contributed by atoms with E-state index in [9.17, 15) is 4.79 Å². The Morgan fingerprint density at radius 1 is 1.64 bits per heavy atom. The van der Waals surface area contributed by atoms with Crippen LogP contribution >= 0.6 is 0 Å². The van der Waals surface area contributed by atoms with Crippen LogP contribution in [-0.2, 0) is 4.74 Å². The summed E-state index contributed by atoms with van der Waals surface area (Å²) in [6.45, 7) is 2.05. The zero-order chi connectivity index (χ0) is 10.4. The molecule has 4 heteroatoms. The van der Waals surface area contributed by atoms with Crippen molar-refractivity contribution < 1.29 is 9.53 Å². The number of rotatable bonds is 2. The smallest absolute Gasteiger partial charge is 0.411 e. The van der Waals surface area contributed by atoms with E-state index < -0.39 is 6.09 Å². The molecule has 0 aromatic heterocycles. The van der Waals surface area contributed by atoms with Gasteiger partial charge in [0.15, 0.2) is 0 Å². The number of hydrogen-bond donors (Lipinski definition) is 1. The first-order valence-corrected chi connectivity index (χ1v) is 4.20. The van der Waals surface area contributed by atoms with Crippen LogP contribution in [-0.4, -0.2) is 12.7 Å². The molecule has 1 rings (SSSR count). The van der Waals surface area contributed by atoms with Crippen molar-refractivity contribution in [2.75, 3.05) is 11.9 Å². The summed E-state index contributed by atoms with van der Waals surface area (Å²) in [5.74, 6) is 0. The molecule has 1 aromatic carbocycles. The molecule has 0 atom stereocenters. The third-order valence-electron chi connectivity index (χ3n) is 1.51. The lowest BCUT2D eigenvalue weighted by atomic mass is 10.2. The molecule has 0 aliphatic heterocycles. The van der Waals surface area contributed by atoms with E-state index >= 15 is 0 Å². The molecule has 0 bridgehead atoms. The Balaban J connectivity index is 2.68. The van der Waals surface area contributed by atoms with Crippen LogP contribution in [0.2, 0.25) is 0 Å². The van der Waals surface area contributed by atoms with E-state index in [1.165, 1.54) is 0 Å². The van der Waals surface area contributed by atoms with Crippen molar-refractivity contribution in [2.24, 2.45) is 0 Å². The summed E-state index contributed by atoms with van der Waals surface area (Å²) in [6.07, 6.45) is -0.511. The molecule has 0 unspecified atom stereocenters. The highest BCUT2D eigenvalue weighted by Gasteiger charge is 2.01. The van der Waals surface area contributed by atoms with Gasteiger partial charge in [-0.1, -0.05) is 6.07 Å². The average molecular weight is 190 g/mol. The molecule has 4 nitrogen and oxygen atoms in total. The highest BCUT2D eigenvalue weighted by molar-refractivity contribution is 5.84. The predicted molar refractivity (Wildman–Crippen MR) is 51.8 cm³/mol. The SMILES string of the molecule is CCOC(=O)Nc1cccc(C#N)c1. The van der Waals surface area contributed by atoms with Gasteiger partial charge in [-0.25, -0.2) is 4.79 Å². The standard InChI is InChI=1S/C10H10N2O2/c1-2-14-10(13)12-9-5-3-4-8(6-9)7-11/h3-6H,2H2,1H3,(H,12,13). The van der Waals surface area contributed by atoms with Crippen LogP contribution in [0.3, 0.4) is 0 Å². The van der Waals surface area contributed by atoms with Crippen LogP contribution in [0.4, 0.5) is 10.5 Å². The molecule has 0 saturated heterocycles. The van der Waals surface area contributed by atoms with Crippen LogP contribution < -0.4 is 5.32 Å². The Hall–Kier alpha value is -2.02. The van der Waals surface area contributed by atoms with Gasteiger partial charge in [-0.05, 0) is 25.1 Å². The molecule has 1 aromatic rings. The summed E-state index contributed by atoms with van der Waals surface area (Å²) >= 11 is 0. The third-order valence-corrected chi connectivity index (χ3v) is 1.51. The molecule has 0 aliphatic rings. The number of nitrogens with zero attached hydrogens (tertiary/aromatic N) is 1. The Kier molecular flexibility index (Phi) is 3.50. The maximum Gasteiger partial charge on any atom is 0.411 e. The van der Waals surface area contributed by atoms with E-state index in [0.717, 1.165) is 0 Å². The van der Waals surface area contributed by atoms with E-state index in [1.807, 2.05) is 6.07 Å². The third kappa shape index (κ3) is 2.79. The molecule has 72 valence electrons. The maximum atomic E-state index is 11.0. The first kappa shape index (κ1) is 10.1. The summed E-state index contributed by atoms with van der Waals surface area (Å²) in [7, 11) is 0. The van der Waals surface area contributed by atoms with Gasteiger partial charge in [0, 0.05) is 5.69 Å². The number of benzene rings is 1. The topological polar surface area (TPSA) is 62.1 Å². The number of amides is 1. The van der Waals surface area contributed by atoms with Gasteiger partial charge in [-0.15, -0.1) is 0 Å². The van der Waals surface area contributed by atoms with Crippen LogP contribution in [0.1, 0.15) is 12.5 Å². The summed E-state index contributed by atoms with van der Waals surface area (Å²) in [5, 5.41) is 11.1. The molecule has 0 spiro atoms. The predicted octanol–water partition coefficient (Wildman–Crippen LogP) is 2.13. The summed E-state index contributed by atoms with van der Waals surface area (Å²) in [6, 6.07) is 8.61. The molecular formula is C10H10N2O2. The second-order valence-electron chi connectivity index (χ2n) is 2.54. The molecule has 0 heterocycles. The maximum absolute atomic E-state index is 11.0. The van der Waals surface area contributed by atoms with Crippen molar-refractivity contribution in [3.63, 3.8) is 0 Å². The number of nitriles is 1. The molecule has 1 N–H and O–H groups in total. The molecule has 14 heavy (non-hydrogen) atoms. The lowest BCUT2D eigenvalue weighted by Gasteiger charge is -2.04. The lowest BCUT2D eigenvalue weighted by Crippen LogP contribution is -2.13. The monoisotopic (exact) mass is 190 g/mol.